The highest BCUT2D eigenvalue weighted by Crippen LogP contribution is 2.27. The van der Waals surface area contributed by atoms with Crippen LogP contribution in [0.1, 0.15) is 42.7 Å². The molecule has 170 valence electrons. The molecule has 8 nitrogen and oxygen atoms in total. The number of likely N-dealkylation sites (N-methyl/N-ethyl adjacent to an activating group) is 1. The minimum absolute atomic E-state index is 0.0448. The van der Waals surface area contributed by atoms with Gasteiger partial charge in [0.1, 0.15) is 5.69 Å². The number of carbonyl (C=O) groups is 2. The van der Waals surface area contributed by atoms with Crippen LogP contribution in [0.25, 0.3) is 22.5 Å². The minimum atomic E-state index is -0.609. The van der Waals surface area contributed by atoms with E-state index in [9.17, 15) is 9.59 Å². The SMILES string of the molecule is CCN(Cc1ccccc1)C(=O)COC(=O)c1cc(-c2ccco2)nc2c1cnn2C(C)C. The normalized spacial score (nSPS) is 11.2. The fourth-order valence-electron chi connectivity index (χ4n) is 3.59. The van der Waals surface area contributed by atoms with Crippen LogP contribution in [0.15, 0.2) is 65.4 Å². The number of ether oxygens (including phenoxy) is 1. The van der Waals surface area contributed by atoms with Gasteiger partial charge in [-0.15, -0.1) is 0 Å². The maximum Gasteiger partial charge on any atom is 0.339 e. The molecule has 4 rings (SSSR count). The number of aromatic nitrogens is 3. The van der Waals surface area contributed by atoms with E-state index in [1.54, 1.807) is 40.2 Å². The lowest BCUT2D eigenvalue weighted by molar-refractivity contribution is -0.134. The van der Waals surface area contributed by atoms with Crippen molar-refractivity contribution in [3.8, 4) is 11.5 Å². The van der Waals surface area contributed by atoms with E-state index in [4.69, 9.17) is 9.15 Å². The molecule has 0 unspecified atom stereocenters. The Bertz CT molecular complexity index is 1250. The molecule has 33 heavy (non-hydrogen) atoms. The summed E-state index contributed by atoms with van der Waals surface area (Å²) in [6, 6.07) is 14.9. The highest BCUT2D eigenvalue weighted by Gasteiger charge is 2.22. The van der Waals surface area contributed by atoms with E-state index in [1.165, 1.54) is 0 Å². The van der Waals surface area contributed by atoms with E-state index in [2.05, 4.69) is 10.1 Å². The van der Waals surface area contributed by atoms with E-state index in [-0.39, 0.29) is 24.1 Å². The maximum absolute atomic E-state index is 13.0. The molecule has 0 spiro atoms. The van der Waals surface area contributed by atoms with Crippen molar-refractivity contribution >= 4 is 22.9 Å². The Hall–Kier alpha value is -3.94. The van der Waals surface area contributed by atoms with E-state index in [1.807, 2.05) is 51.1 Å². The second kappa shape index (κ2) is 9.68. The van der Waals surface area contributed by atoms with Crippen molar-refractivity contribution < 1.29 is 18.7 Å². The summed E-state index contributed by atoms with van der Waals surface area (Å²) < 4.78 is 12.6. The zero-order valence-electron chi connectivity index (χ0n) is 18.9. The first-order chi connectivity index (χ1) is 16.0. The molecule has 0 N–H and O–H groups in total. The van der Waals surface area contributed by atoms with Crippen molar-refractivity contribution in [2.75, 3.05) is 13.2 Å². The predicted octanol–water partition coefficient (Wildman–Crippen LogP) is 4.48. The number of benzene rings is 1. The zero-order valence-corrected chi connectivity index (χ0v) is 18.9. The Balaban J connectivity index is 1.56. The number of hydrogen-bond donors (Lipinski definition) is 0. The first-order valence-electron chi connectivity index (χ1n) is 10.9. The molecule has 0 aliphatic carbocycles. The number of pyridine rings is 1. The lowest BCUT2D eigenvalue weighted by atomic mass is 10.1. The van der Waals surface area contributed by atoms with Crippen molar-refractivity contribution in [1.82, 2.24) is 19.7 Å². The fraction of sp³-hybridized carbons (Fsp3) is 0.280. The van der Waals surface area contributed by atoms with Crippen LogP contribution in [0.4, 0.5) is 0 Å². The van der Waals surface area contributed by atoms with Gasteiger partial charge in [0, 0.05) is 19.1 Å². The first kappa shape index (κ1) is 22.3. The molecule has 0 saturated heterocycles. The number of rotatable bonds is 8. The van der Waals surface area contributed by atoms with Crippen LogP contribution in [0.5, 0.6) is 0 Å². The standard InChI is InChI=1S/C25H26N4O4/c1-4-28(15-18-9-6-5-7-10-18)23(30)16-33-25(31)19-13-21(22-11-8-12-32-22)27-24-20(19)14-26-29(24)17(2)3/h5-14,17H,4,15-16H2,1-3H3. The number of nitrogens with zero attached hydrogens (tertiary/aromatic N) is 4. The number of esters is 1. The summed E-state index contributed by atoms with van der Waals surface area (Å²) in [7, 11) is 0. The second-order valence-corrected chi connectivity index (χ2v) is 7.92. The molecule has 0 bridgehead atoms. The summed E-state index contributed by atoms with van der Waals surface area (Å²) in [4.78, 5) is 32.1. The van der Waals surface area contributed by atoms with Crippen molar-refractivity contribution in [2.45, 2.75) is 33.4 Å². The van der Waals surface area contributed by atoms with Gasteiger partial charge in [-0.1, -0.05) is 30.3 Å². The Morgan fingerprint density at radius 1 is 1.15 bits per heavy atom. The van der Waals surface area contributed by atoms with Crippen LogP contribution in [-0.4, -0.2) is 44.7 Å². The highest BCUT2D eigenvalue weighted by atomic mass is 16.5. The van der Waals surface area contributed by atoms with Crippen molar-refractivity contribution in [3.05, 3.63) is 72.1 Å². The summed E-state index contributed by atoms with van der Waals surface area (Å²) in [5, 5.41) is 4.95. The number of amides is 1. The first-order valence-corrected chi connectivity index (χ1v) is 10.9. The molecule has 0 atom stereocenters. The number of furan rings is 1. The molecule has 0 fully saturated rings. The molecule has 0 aliphatic rings. The monoisotopic (exact) mass is 446 g/mol. The molecular formula is C25H26N4O4. The van der Waals surface area contributed by atoms with Gasteiger partial charge in [0.05, 0.1) is 23.4 Å². The molecule has 1 amide bonds. The average molecular weight is 447 g/mol. The summed E-state index contributed by atoms with van der Waals surface area (Å²) in [5.41, 5.74) is 2.35. The van der Waals surface area contributed by atoms with Crippen molar-refractivity contribution in [3.63, 3.8) is 0 Å². The highest BCUT2D eigenvalue weighted by molar-refractivity contribution is 6.04. The van der Waals surface area contributed by atoms with E-state index < -0.39 is 5.97 Å². The topological polar surface area (TPSA) is 90.5 Å². The molecule has 3 aromatic heterocycles. The minimum Gasteiger partial charge on any atom is -0.463 e. The third-order valence-corrected chi connectivity index (χ3v) is 5.33. The van der Waals surface area contributed by atoms with Crippen LogP contribution in [0, 0.1) is 0 Å². The van der Waals surface area contributed by atoms with E-state index in [0.29, 0.717) is 35.6 Å². The van der Waals surface area contributed by atoms with Crippen LogP contribution in [-0.2, 0) is 16.1 Å². The van der Waals surface area contributed by atoms with Crippen molar-refractivity contribution in [1.29, 1.82) is 0 Å². The van der Waals surface area contributed by atoms with Crippen LogP contribution >= 0.6 is 0 Å². The zero-order chi connectivity index (χ0) is 23.4. The molecule has 3 heterocycles. The maximum atomic E-state index is 13.0. The summed E-state index contributed by atoms with van der Waals surface area (Å²) in [6.07, 6.45) is 3.14. The van der Waals surface area contributed by atoms with Crippen LogP contribution < -0.4 is 0 Å². The fourth-order valence-corrected chi connectivity index (χ4v) is 3.59. The Morgan fingerprint density at radius 2 is 1.94 bits per heavy atom. The third kappa shape index (κ3) is 4.79. The third-order valence-electron chi connectivity index (χ3n) is 5.33. The van der Waals surface area contributed by atoms with Gasteiger partial charge in [0.25, 0.3) is 5.91 Å². The number of carbonyl (C=O) groups excluding carboxylic acids is 2. The summed E-state index contributed by atoms with van der Waals surface area (Å²) >= 11 is 0. The quantitative estimate of drug-likeness (QED) is 0.371. The van der Waals surface area contributed by atoms with Gasteiger partial charge in [-0.2, -0.15) is 5.10 Å². The van der Waals surface area contributed by atoms with Gasteiger partial charge in [0.15, 0.2) is 18.0 Å². The summed E-state index contributed by atoms with van der Waals surface area (Å²) in [6.45, 7) is 6.47. The Labute approximate surface area is 191 Å². The van der Waals surface area contributed by atoms with Gasteiger partial charge >= 0.3 is 5.97 Å². The second-order valence-electron chi connectivity index (χ2n) is 7.92. The van der Waals surface area contributed by atoms with Gasteiger partial charge in [-0.3, -0.25) is 4.79 Å². The lowest BCUT2D eigenvalue weighted by Crippen LogP contribution is -2.34. The summed E-state index contributed by atoms with van der Waals surface area (Å²) in [5.74, 6) is -0.342. The van der Waals surface area contributed by atoms with Gasteiger partial charge < -0.3 is 14.1 Å². The largest absolute Gasteiger partial charge is 0.463 e. The number of hydrogen-bond acceptors (Lipinski definition) is 6. The predicted molar refractivity (Wildman–Crippen MR) is 123 cm³/mol. The smallest absolute Gasteiger partial charge is 0.339 e. The van der Waals surface area contributed by atoms with Gasteiger partial charge in [0.2, 0.25) is 0 Å². The molecular weight excluding hydrogens is 420 g/mol. The van der Waals surface area contributed by atoms with Crippen LogP contribution in [0.2, 0.25) is 0 Å². The molecule has 1 aromatic carbocycles. The van der Waals surface area contributed by atoms with E-state index in [0.717, 1.165) is 5.56 Å². The lowest BCUT2D eigenvalue weighted by Gasteiger charge is -2.21. The van der Waals surface area contributed by atoms with Crippen LogP contribution in [0.3, 0.4) is 0 Å². The molecule has 8 heteroatoms. The molecule has 0 radical (unpaired) electrons. The Kier molecular flexibility index (Phi) is 6.53. The molecule has 0 saturated carbocycles. The number of fused-ring (bicyclic) bond motifs is 1. The van der Waals surface area contributed by atoms with Gasteiger partial charge in [-0.25, -0.2) is 14.5 Å². The Morgan fingerprint density at radius 3 is 2.61 bits per heavy atom. The molecule has 0 aliphatic heterocycles. The van der Waals surface area contributed by atoms with Crippen molar-refractivity contribution in [2.24, 2.45) is 0 Å². The average Bonchev–Trinajstić information content (AvgIpc) is 3.51. The van der Waals surface area contributed by atoms with E-state index >= 15 is 0 Å². The van der Waals surface area contributed by atoms with Gasteiger partial charge in [-0.05, 0) is 44.5 Å². The molecule has 4 aromatic rings.